The monoisotopic (exact) mass is 263 g/mol. The van der Waals surface area contributed by atoms with Gasteiger partial charge in [-0.3, -0.25) is 0 Å². The maximum atomic E-state index is 10.2. The highest BCUT2D eigenvalue weighted by Crippen LogP contribution is 2.18. The topological polar surface area (TPSA) is 41.5 Å². The molecule has 0 aliphatic carbocycles. The van der Waals surface area contributed by atoms with Crippen molar-refractivity contribution in [1.29, 1.82) is 0 Å². The molecule has 2 rings (SSSR count). The van der Waals surface area contributed by atoms with Crippen LogP contribution in [0.4, 0.5) is 0 Å². The molecule has 0 bridgehead atoms. The smallest absolute Gasteiger partial charge is 0.0804 e. The largest absolute Gasteiger partial charge is 0.388 e. The van der Waals surface area contributed by atoms with Crippen LogP contribution in [0.5, 0.6) is 0 Å². The zero-order valence-corrected chi connectivity index (χ0v) is 11.7. The number of hydrogen-bond donors (Lipinski definition) is 2. The summed E-state index contributed by atoms with van der Waals surface area (Å²) in [4.78, 5) is 0. The highest BCUT2D eigenvalue weighted by molar-refractivity contribution is 5.17. The van der Waals surface area contributed by atoms with E-state index in [1.165, 1.54) is 0 Å². The first-order valence-corrected chi connectivity index (χ1v) is 7.30. The van der Waals surface area contributed by atoms with E-state index in [2.05, 4.69) is 12.2 Å². The van der Waals surface area contributed by atoms with Gasteiger partial charge < -0.3 is 15.2 Å². The molecule has 2 N–H and O–H groups in total. The van der Waals surface area contributed by atoms with E-state index in [0.717, 1.165) is 50.5 Å². The van der Waals surface area contributed by atoms with Gasteiger partial charge in [-0.2, -0.15) is 0 Å². The number of ether oxygens (including phenoxy) is 1. The zero-order chi connectivity index (χ0) is 13.5. The second-order valence-electron chi connectivity index (χ2n) is 5.53. The van der Waals surface area contributed by atoms with Gasteiger partial charge in [0.15, 0.2) is 0 Å². The summed E-state index contributed by atoms with van der Waals surface area (Å²) < 4.78 is 5.36. The Bertz CT molecular complexity index is 349. The Hall–Kier alpha value is -0.900. The predicted octanol–water partition coefficient (Wildman–Crippen LogP) is 2.51. The third kappa shape index (κ3) is 4.94. The van der Waals surface area contributed by atoms with Crippen molar-refractivity contribution in [3.63, 3.8) is 0 Å². The molecule has 1 aromatic carbocycles. The molecular weight excluding hydrogens is 238 g/mol. The minimum absolute atomic E-state index is 0.332. The van der Waals surface area contributed by atoms with Crippen LogP contribution in [0.15, 0.2) is 30.3 Å². The van der Waals surface area contributed by atoms with Gasteiger partial charge in [-0.05, 0) is 44.2 Å². The van der Waals surface area contributed by atoms with Crippen molar-refractivity contribution in [2.75, 3.05) is 19.8 Å². The quantitative estimate of drug-likeness (QED) is 0.828. The molecule has 2 atom stereocenters. The van der Waals surface area contributed by atoms with Crippen molar-refractivity contribution in [1.82, 2.24) is 5.32 Å². The first kappa shape index (κ1) is 14.5. The van der Waals surface area contributed by atoms with E-state index in [1.54, 1.807) is 0 Å². The van der Waals surface area contributed by atoms with Gasteiger partial charge in [0.05, 0.1) is 6.10 Å². The Labute approximate surface area is 116 Å². The maximum absolute atomic E-state index is 10.2. The van der Waals surface area contributed by atoms with E-state index in [4.69, 9.17) is 4.74 Å². The van der Waals surface area contributed by atoms with Gasteiger partial charge in [-0.1, -0.05) is 30.3 Å². The lowest BCUT2D eigenvalue weighted by Crippen LogP contribution is -2.34. The standard InChI is InChI=1S/C16H25NO2/c1-13(17-12-14-7-9-19-10-8-14)11-16(18)15-5-3-2-4-6-15/h2-6,13-14,16-18H,7-12H2,1H3. The zero-order valence-electron chi connectivity index (χ0n) is 11.7. The molecule has 2 unspecified atom stereocenters. The van der Waals surface area contributed by atoms with Crippen LogP contribution in [-0.2, 0) is 4.74 Å². The average Bonchev–Trinajstić information content (AvgIpc) is 2.47. The lowest BCUT2D eigenvalue weighted by atomic mass is 9.99. The molecule has 1 aliphatic rings. The lowest BCUT2D eigenvalue weighted by Gasteiger charge is -2.25. The van der Waals surface area contributed by atoms with E-state index in [-0.39, 0.29) is 6.10 Å². The molecule has 3 nitrogen and oxygen atoms in total. The number of benzene rings is 1. The average molecular weight is 263 g/mol. The molecule has 1 aliphatic heterocycles. The maximum Gasteiger partial charge on any atom is 0.0804 e. The fourth-order valence-electron chi connectivity index (χ4n) is 2.55. The molecule has 106 valence electrons. The number of rotatable bonds is 6. The summed E-state index contributed by atoms with van der Waals surface area (Å²) in [7, 11) is 0. The lowest BCUT2D eigenvalue weighted by molar-refractivity contribution is 0.0646. The molecule has 0 aromatic heterocycles. The minimum atomic E-state index is -0.376. The van der Waals surface area contributed by atoms with Crippen molar-refractivity contribution in [2.45, 2.75) is 38.3 Å². The molecule has 1 aromatic rings. The van der Waals surface area contributed by atoms with Crippen LogP contribution in [0, 0.1) is 5.92 Å². The van der Waals surface area contributed by atoms with Crippen LogP contribution >= 0.6 is 0 Å². The minimum Gasteiger partial charge on any atom is -0.388 e. The van der Waals surface area contributed by atoms with Gasteiger partial charge >= 0.3 is 0 Å². The number of hydrogen-bond acceptors (Lipinski definition) is 3. The molecular formula is C16H25NO2. The van der Waals surface area contributed by atoms with E-state index >= 15 is 0 Å². The predicted molar refractivity (Wildman–Crippen MR) is 77.0 cm³/mol. The summed E-state index contributed by atoms with van der Waals surface area (Å²) in [5.74, 6) is 0.727. The van der Waals surface area contributed by atoms with Gasteiger partial charge in [0, 0.05) is 19.3 Å². The molecule has 1 fully saturated rings. The van der Waals surface area contributed by atoms with Gasteiger partial charge in [-0.15, -0.1) is 0 Å². The normalized spacial score (nSPS) is 20.1. The molecule has 3 heteroatoms. The highest BCUT2D eigenvalue weighted by atomic mass is 16.5. The van der Waals surface area contributed by atoms with Crippen LogP contribution in [0.1, 0.15) is 37.9 Å². The summed E-state index contributed by atoms with van der Waals surface area (Å²) >= 11 is 0. The van der Waals surface area contributed by atoms with Crippen LogP contribution in [0.3, 0.4) is 0 Å². The highest BCUT2D eigenvalue weighted by Gasteiger charge is 2.16. The molecule has 0 amide bonds. The molecule has 0 saturated carbocycles. The fraction of sp³-hybridized carbons (Fsp3) is 0.625. The van der Waals surface area contributed by atoms with Crippen molar-refractivity contribution < 1.29 is 9.84 Å². The van der Waals surface area contributed by atoms with Crippen molar-refractivity contribution in [3.05, 3.63) is 35.9 Å². The second-order valence-corrected chi connectivity index (χ2v) is 5.53. The Morgan fingerprint density at radius 3 is 2.63 bits per heavy atom. The number of nitrogens with one attached hydrogen (secondary N) is 1. The Morgan fingerprint density at radius 1 is 1.26 bits per heavy atom. The first-order valence-electron chi connectivity index (χ1n) is 7.30. The fourth-order valence-corrected chi connectivity index (χ4v) is 2.55. The summed E-state index contributed by atoms with van der Waals surface area (Å²) in [6, 6.07) is 10.2. The third-order valence-corrected chi connectivity index (χ3v) is 3.86. The third-order valence-electron chi connectivity index (χ3n) is 3.86. The van der Waals surface area contributed by atoms with Crippen LogP contribution in [0.2, 0.25) is 0 Å². The molecule has 0 radical (unpaired) electrons. The first-order chi connectivity index (χ1) is 9.25. The number of aliphatic hydroxyl groups excluding tert-OH is 1. The van der Waals surface area contributed by atoms with Crippen LogP contribution < -0.4 is 5.32 Å². The summed E-state index contributed by atoms with van der Waals surface area (Å²) in [6.07, 6.45) is 2.69. The summed E-state index contributed by atoms with van der Waals surface area (Å²) in [5.41, 5.74) is 1.00. The van der Waals surface area contributed by atoms with Gasteiger partial charge in [0.2, 0.25) is 0 Å². The van der Waals surface area contributed by atoms with E-state index in [1.807, 2.05) is 30.3 Å². The van der Waals surface area contributed by atoms with Crippen molar-refractivity contribution in [3.8, 4) is 0 Å². The van der Waals surface area contributed by atoms with Crippen LogP contribution in [-0.4, -0.2) is 30.9 Å². The van der Waals surface area contributed by atoms with Crippen molar-refractivity contribution >= 4 is 0 Å². The number of aliphatic hydroxyl groups is 1. The van der Waals surface area contributed by atoms with Gasteiger partial charge in [0.25, 0.3) is 0 Å². The molecule has 1 heterocycles. The van der Waals surface area contributed by atoms with Crippen molar-refractivity contribution in [2.24, 2.45) is 5.92 Å². The molecule has 19 heavy (non-hydrogen) atoms. The van der Waals surface area contributed by atoms with E-state index < -0.39 is 0 Å². The SMILES string of the molecule is CC(CC(O)c1ccccc1)NCC1CCOCC1. The van der Waals surface area contributed by atoms with Gasteiger partial charge in [-0.25, -0.2) is 0 Å². The van der Waals surface area contributed by atoms with E-state index in [0.29, 0.717) is 6.04 Å². The Kier molecular flexibility index (Phi) is 5.83. The molecule has 1 saturated heterocycles. The van der Waals surface area contributed by atoms with Crippen LogP contribution in [0.25, 0.3) is 0 Å². The van der Waals surface area contributed by atoms with Gasteiger partial charge in [0.1, 0.15) is 0 Å². The Balaban J connectivity index is 1.70. The Morgan fingerprint density at radius 2 is 1.95 bits per heavy atom. The second kappa shape index (κ2) is 7.63. The van der Waals surface area contributed by atoms with E-state index in [9.17, 15) is 5.11 Å². The summed E-state index contributed by atoms with van der Waals surface area (Å²) in [5, 5.41) is 13.7. The molecule has 0 spiro atoms. The summed E-state index contributed by atoms with van der Waals surface area (Å²) in [6.45, 7) is 4.97.